The van der Waals surface area contributed by atoms with Crippen LogP contribution in [0, 0.1) is 0 Å². The highest BCUT2D eigenvalue weighted by atomic mass is 16.5. The second-order valence-corrected chi connectivity index (χ2v) is 5.87. The van der Waals surface area contributed by atoms with E-state index in [1.54, 1.807) is 48.5 Å². The van der Waals surface area contributed by atoms with Crippen LogP contribution in [-0.2, 0) is 4.74 Å². The highest BCUT2D eigenvalue weighted by Crippen LogP contribution is 2.25. The average Bonchev–Trinajstić information content (AvgIpc) is 2.72. The molecule has 0 unspecified atom stereocenters. The molecule has 1 aromatic heterocycles. The predicted octanol–water partition coefficient (Wildman–Crippen LogP) is 3.87. The highest BCUT2D eigenvalue weighted by Gasteiger charge is 2.14. The average molecular weight is 378 g/mol. The van der Waals surface area contributed by atoms with E-state index in [2.05, 4.69) is 4.74 Å². The second kappa shape index (κ2) is 8.35. The van der Waals surface area contributed by atoms with E-state index in [4.69, 9.17) is 9.15 Å². The van der Waals surface area contributed by atoms with Crippen molar-refractivity contribution in [2.75, 3.05) is 13.7 Å². The molecule has 1 heterocycles. The lowest BCUT2D eigenvalue weighted by molar-refractivity contribution is 0.0600. The molecule has 2 aromatic carbocycles. The molecule has 142 valence electrons. The molecule has 0 fully saturated rings. The molecular weight excluding hydrogens is 360 g/mol. The summed E-state index contributed by atoms with van der Waals surface area (Å²) in [6, 6.07) is 13.2. The molecule has 0 radical (unpaired) electrons. The van der Waals surface area contributed by atoms with Crippen LogP contribution in [0.4, 0.5) is 0 Å². The molecule has 28 heavy (non-hydrogen) atoms. The fourth-order valence-corrected chi connectivity index (χ4v) is 2.67. The van der Waals surface area contributed by atoms with Crippen LogP contribution in [0.25, 0.3) is 17.0 Å². The zero-order valence-corrected chi connectivity index (χ0v) is 15.4. The molecule has 3 rings (SSSR count). The van der Waals surface area contributed by atoms with Crippen molar-refractivity contribution >= 4 is 28.8 Å². The van der Waals surface area contributed by atoms with Gasteiger partial charge in [0.25, 0.3) is 0 Å². The van der Waals surface area contributed by atoms with Crippen molar-refractivity contribution in [3.63, 3.8) is 0 Å². The lowest BCUT2D eigenvalue weighted by Crippen LogP contribution is -2.12. The van der Waals surface area contributed by atoms with E-state index in [-0.39, 0.29) is 5.56 Å². The summed E-state index contributed by atoms with van der Waals surface area (Å²) < 4.78 is 15.4. The Morgan fingerprint density at radius 2 is 1.86 bits per heavy atom. The van der Waals surface area contributed by atoms with E-state index in [1.807, 2.05) is 6.92 Å². The number of allylic oxidation sites excluding steroid dienone is 1. The zero-order chi connectivity index (χ0) is 20.1. The summed E-state index contributed by atoms with van der Waals surface area (Å²) in [4.78, 5) is 36.2. The molecule has 6 nitrogen and oxygen atoms in total. The first-order chi connectivity index (χ1) is 13.5. The number of ketones is 1. The number of ether oxygens (including phenoxy) is 2. The summed E-state index contributed by atoms with van der Waals surface area (Å²) in [6.45, 7) is 2.26. The van der Waals surface area contributed by atoms with E-state index in [0.29, 0.717) is 34.5 Å². The second-order valence-electron chi connectivity index (χ2n) is 5.87. The summed E-state index contributed by atoms with van der Waals surface area (Å²) in [5.74, 6) is -0.460. The molecule has 0 aliphatic carbocycles. The molecule has 0 saturated carbocycles. The minimum absolute atomic E-state index is 0.0661. The molecule has 6 heteroatoms. The Labute approximate surface area is 161 Å². The number of benzene rings is 2. The lowest BCUT2D eigenvalue weighted by Gasteiger charge is -2.06. The van der Waals surface area contributed by atoms with Crippen molar-refractivity contribution in [2.45, 2.75) is 6.92 Å². The Bertz CT molecular complexity index is 1110. The third kappa shape index (κ3) is 4.01. The largest absolute Gasteiger partial charge is 0.490 e. The van der Waals surface area contributed by atoms with Gasteiger partial charge < -0.3 is 13.9 Å². The van der Waals surface area contributed by atoms with E-state index in [0.717, 1.165) is 0 Å². The lowest BCUT2D eigenvalue weighted by atomic mass is 10.1. The Hall–Kier alpha value is -3.67. The molecular formula is C22H18O6. The van der Waals surface area contributed by atoms with Crippen LogP contribution in [0.2, 0.25) is 0 Å². The maximum Gasteiger partial charge on any atom is 0.347 e. The van der Waals surface area contributed by atoms with Crippen molar-refractivity contribution in [3.05, 3.63) is 81.7 Å². The minimum Gasteiger partial charge on any atom is -0.490 e. The summed E-state index contributed by atoms with van der Waals surface area (Å²) in [6.07, 6.45) is 2.85. The third-order valence-corrected chi connectivity index (χ3v) is 4.05. The smallest absolute Gasteiger partial charge is 0.347 e. The van der Waals surface area contributed by atoms with Gasteiger partial charge in [-0.2, -0.15) is 0 Å². The first-order valence-electron chi connectivity index (χ1n) is 8.64. The summed E-state index contributed by atoms with van der Waals surface area (Å²) >= 11 is 0. The molecule has 0 aliphatic heterocycles. The van der Waals surface area contributed by atoms with E-state index in [1.165, 1.54) is 19.3 Å². The number of carbonyl (C=O) groups excluding carboxylic acids is 2. The van der Waals surface area contributed by atoms with E-state index < -0.39 is 17.4 Å². The Kier molecular flexibility index (Phi) is 5.69. The molecule has 0 amide bonds. The predicted molar refractivity (Wildman–Crippen MR) is 105 cm³/mol. The van der Waals surface area contributed by atoms with Crippen LogP contribution in [0.1, 0.15) is 33.2 Å². The molecule has 0 saturated heterocycles. The number of hydrogen-bond acceptors (Lipinski definition) is 6. The monoisotopic (exact) mass is 378 g/mol. The molecule has 0 bridgehead atoms. The van der Waals surface area contributed by atoms with E-state index >= 15 is 0 Å². The highest BCUT2D eigenvalue weighted by molar-refractivity contribution is 6.08. The topological polar surface area (TPSA) is 82.8 Å². The zero-order valence-electron chi connectivity index (χ0n) is 15.4. The number of carbonyl (C=O) groups is 2. The number of fused-ring (bicyclic) bond motifs is 1. The maximum atomic E-state index is 12.5. The SMILES string of the molecule is CCOc1cccc2cc(C(=O)/C=C/c3ccc(C(=O)OC)cc3)c(=O)oc12. The first-order valence-corrected chi connectivity index (χ1v) is 8.64. The van der Waals surface area contributed by atoms with Gasteiger partial charge in [0.05, 0.1) is 19.3 Å². The summed E-state index contributed by atoms with van der Waals surface area (Å²) in [5.41, 5.74) is 0.628. The van der Waals surface area contributed by atoms with Crippen LogP contribution < -0.4 is 10.4 Å². The number of hydrogen-bond donors (Lipinski definition) is 0. The van der Waals surface area contributed by atoms with Gasteiger partial charge in [0, 0.05) is 5.39 Å². The van der Waals surface area contributed by atoms with Gasteiger partial charge in [-0.3, -0.25) is 4.79 Å². The van der Waals surface area contributed by atoms with Crippen LogP contribution in [0.15, 0.2) is 63.8 Å². The van der Waals surface area contributed by atoms with E-state index in [9.17, 15) is 14.4 Å². The quantitative estimate of drug-likeness (QED) is 0.280. The molecule has 0 N–H and O–H groups in total. The molecule has 0 aliphatic rings. The van der Waals surface area contributed by atoms with Gasteiger partial charge in [-0.05, 0) is 42.8 Å². The number of rotatable bonds is 6. The van der Waals surface area contributed by atoms with Crippen LogP contribution in [-0.4, -0.2) is 25.5 Å². The summed E-state index contributed by atoms with van der Waals surface area (Å²) in [5, 5.41) is 0.602. The van der Waals surface area contributed by atoms with Gasteiger partial charge in [-0.15, -0.1) is 0 Å². The van der Waals surface area contributed by atoms with Crippen molar-refractivity contribution in [1.29, 1.82) is 0 Å². The van der Waals surface area contributed by atoms with Gasteiger partial charge in [0.15, 0.2) is 17.1 Å². The Morgan fingerprint density at radius 3 is 2.54 bits per heavy atom. The standard InChI is InChI=1S/C22H18O6/c1-3-27-19-6-4-5-16-13-17(22(25)28-20(16)19)18(23)12-9-14-7-10-15(11-8-14)21(24)26-2/h4-13H,3H2,1-2H3/b12-9+. The van der Waals surface area contributed by atoms with Crippen LogP contribution >= 0.6 is 0 Å². The molecule has 0 atom stereocenters. The van der Waals surface area contributed by atoms with Crippen molar-refractivity contribution < 1.29 is 23.5 Å². The minimum atomic E-state index is -0.727. The van der Waals surface area contributed by atoms with Crippen LogP contribution in [0.3, 0.4) is 0 Å². The van der Waals surface area contributed by atoms with Crippen molar-refractivity contribution in [2.24, 2.45) is 0 Å². The van der Waals surface area contributed by atoms with Crippen molar-refractivity contribution in [3.8, 4) is 5.75 Å². The number of methoxy groups -OCH3 is 1. The molecule has 3 aromatic rings. The number of esters is 1. The van der Waals surface area contributed by atoms with Gasteiger partial charge >= 0.3 is 11.6 Å². The summed E-state index contributed by atoms with van der Waals surface area (Å²) in [7, 11) is 1.31. The fraction of sp³-hybridized carbons (Fsp3) is 0.136. The maximum absolute atomic E-state index is 12.5. The van der Waals surface area contributed by atoms with Gasteiger partial charge in [0.1, 0.15) is 5.56 Å². The van der Waals surface area contributed by atoms with Gasteiger partial charge in [0.2, 0.25) is 0 Å². The fourth-order valence-electron chi connectivity index (χ4n) is 2.67. The first kappa shape index (κ1) is 19.1. The normalized spacial score (nSPS) is 10.9. The van der Waals surface area contributed by atoms with Gasteiger partial charge in [-0.1, -0.05) is 30.3 Å². The Balaban J connectivity index is 1.87. The van der Waals surface area contributed by atoms with Crippen LogP contribution in [0.5, 0.6) is 5.75 Å². The third-order valence-electron chi connectivity index (χ3n) is 4.05. The Morgan fingerprint density at radius 1 is 1.11 bits per heavy atom. The molecule has 0 spiro atoms. The van der Waals surface area contributed by atoms with Gasteiger partial charge in [-0.25, -0.2) is 9.59 Å². The number of para-hydroxylation sites is 1. The van der Waals surface area contributed by atoms with Crippen molar-refractivity contribution in [1.82, 2.24) is 0 Å².